The van der Waals surface area contributed by atoms with Gasteiger partial charge in [0.1, 0.15) is 0 Å². The molecule has 0 bridgehead atoms. The summed E-state index contributed by atoms with van der Waals surface area (Å²) in [5.41, 5.74) is -0.607. The molecular formula is C10H21N2O6P. The minimum Gasteiger partial charge on any atom is -0.360 e. The first-order chi connectivity index (χ1) is 8.66. The lowest BCUT2D eigenvalue weighted by Gasteiger charge is -2.25. The largest absolute Gasteiger partial charge is 0.469 e. The van der Waals surface area contributed by atoms with E-state index >= 15 is 0 Å². The first-order valence-corrected chi connectivity index (χ1v) is 7.14. The van der Waals surface area contributed by atoms with Crippen molar-refractivity contribution < 1.29 is 28.4 Å². The van der Waals surface area contributed by atoms with Crippen molar-refractivity contribution in [2.24, 2.45) is 0 Å². The molecule has 0 aromatic carbocycles. The lowest BCUT2D eigenvalue weighted by atomic mass is 10.1. The summed E-state index contributed by atoms with van der Waals surface area (Å²) >= 11 is 0. The summed E-state index contributed by atoms with van der Waals surface area (Å²) < 4.78 is 20.3. The first kappa shape index (κ1) is 18.2. The molecule has 0 saturated heterocycles. The van der Waals surface area contributed by atoms with Crippen molar-refractivity contribution in [3.63, 3.8) is 0 Å². The molecular weight excluding hydrogens is 275 g/mol. The van der Waals surface area contributed by atoms with Crippen LogP contribution >= 0.6 is 7.82 Å². The van der Waals surface area contributed by atoms with Gasteiger partial charge in [-0.1, -0.05) is 6.58 Å². The zero-order chi connectivity index (χ0) is 14.9. The van der Waals surface area contributed by atoms with Gasteiger partial charge >= 0.3 is 7.82 Å². The lowest BCUT2D eigenvalue weighted by Crippen LogP contribution is -2.37. The smallest absolute Gasteiger partial charge is 0.360 e. The van der Waals surface area contributed by atoms with Gasteiger partial charge in [-0.25, -0.2) is 4.57 Å². The van der Waals surface area contributed by atoms with Gasteiger partial charge in [-0.3, -0.25) is 14.6 Å². The molecule has 19 heavy (non-hydrogen) atoms. The van der Waals surface area contributed by atoms with E-state index < -0.39 is 13.4 Å². The summed E-state index contributed by atoms with van der Waals surface area (Å²) in [6, 6.07) is 0. The Morgan fingerprint density at radius 1 is 1.47 bits per heavy atom. The van der Waals surface area contributed by atoms with Crippen LogP contribution < -0.4 is 10.6 Å². The van der Waals surface area contributed by atoms with Gasteiger partial charge in [0.2, 0.25) is 5.91 Å². The fourth-order valence-electron chi connectivity index (χ4n) is 1.00. The van der Waals surface area contributed by atoms with Crippen LogP contribution in [0, 0.1) is 0 Å². The van der Waals surface area contributed by atoms with E-state index in [2.05, 4.69) is 21.7 Å². The van der Waals surface area contributed by atoms with Gasteiger partial charge in [0.25, 0.3) is 0 Å². The van der Waals surface area contributed by atoms with Gasteiger partial charge in [0.05, 0.1) is 25.6 Å². The fourth-order valence-corrected chi connectivity index (χ4v) is 1.33. The summed E-state index contributed by atoms with van der Waals surface area (Å²) in [4.78, 5) is 27.9. The SMILES string of the molecule is C=CC(=O)NCNCOC(C)(C)CCOP(=O)(O)O. The number of carbonyl (C=O) groups excluding carboxylic acids is 1. The average molecular weight is 296 g/mol. The van der Waals surface area contributed by atoms with Crippen molar-refractivity contribution in [2.45, 2.75) is 25.9 Å². The molecule has 0 radical (unpaired) electrons. The third-order valence-corrected chi connectivity index (χ3v) is 2.62. The number of phosphoric ester groups is 1. The molecule has 0 aromatic heterocycles. The molecule has 0 aromatic rings. The number of rotatable bonds is 10. The van der Waals surface area contributed by atoms with Crippen molar-refractivity contribution in [3.05, 3.63) is 12.7 Å². The molecule has 9 heteroatoms. The van der Waals surface area contributed by atoms with Gasteiger partial charge in [0, 0.05) is 0 Å². The summed E-state index contributed by atoms with van der Waals surface area (Å²) in [6.45, 7) is 7.14. The maximum atomic E-state index is 10.8. The number of hydrogen-bond donors (Lipinski definition) is 4. The molecule has 0 aliphatic carbocycles. The highest BCUT2D eigenvalue weighted by Crippen LogP contribution is 2.36. The summed E-state index contributed by atoms with van der Waals surface area (Å²) in [7, 11) is -4.43. The van der Waals surface area contributed by atoms with E-state index in [9.17, 15) is 9.36 Å². The topological polar surface area (TPSA) is 117 Å². The van der Waals surface area contributed by atoms with Crippen molar-refractivity contribution in [1.82, 2.24) is 10.6 Å². The third kappa shape index (κ3) is 12.0. The molecule has 1 amide bonds. The molecule has 0 fully saturated rings. The highest BCUT2D eigenvalue weighted by Gasteiger charge is 2.21. The van der Waals surface area contributed by atoms with E-state index in [4.69, 9.17) is 14.5 Å². The Kier molecular flexibility index (Phi) is 8.08. The lowest BCUT2D eigenvalue weighted by molar-refractivity contribution is -0.116. The Morgan fingerprint density at radius 2 is 2.11 bits per heavy atom. The maximum absolute atomic E-state index is 10.8. The first-order valence-electron chi connectivity index (χ1n) is 5.61. The Labute approximate surface area is 112 Å². The molecule has 0 atom stereocenters. The zero-order valence-corrected chi connectivity index (χ0v) is 12.0. The van der Waals surface area contributed by atoms with Crippen molar-refractivity contribution >= 4 is 13.7 Å². The molecule has 0 saturated carbocycles. The van der Waals surface area contributed by atoms with Crippen molar-refractivity contribution in [3.8, 4) is 0 Å². The fraction of sp³-hybridized carbons (Fsp3) is 0.700. The molecule has 0 aliphatic rings. The highest BCUT2D eigenvalue weighted by atomic mass is 31.2. The number of amides is 1. The third-order valence-electron chi connectivity index (χ3n) is 2.10. The molecule has 8 nitrogen and oxygen atoms in total. The van der Waals surface area contributed by atoms with Gasteiger partial charge in [0.15, 0.2) is 0 Å². The Hall–Kier alpha value is -0.760. The quantitative estimate of drug-likeness (QED) is 0.195. The van der Waals surface area contributed by atoms with Crippen LogP contribution in [0.4, 0.5) is 0 Å². The second kappa shape index (κ2) is 8.42. The van der Waals surface area contributed by atoms with Crippen LogP contribution in [0.15, 0.2) is 12.7 Å². The zero-order valence-electron chi connectivity index (χ0n) is 11.1. The molecule has 112 valence electrons. The minimum absolute atomic E-state index is 0.107. The van der Waals surface area contributed by atoms with Crippen LogP contribution in [-0.4, -0.2) is 41.3 Å². The van der Waals surface area contributed by atoms with E-state index in [0.717, 1.165) is 6.08 Å². The molecule has 0 unspecified atom stereocenters. The van der Waals surface area contributed by atoms with E-state index in [1.54, 1.807) is 13.8 Å². The molecule has 4 N–H and O–H groups in total. The number of ether oxygens (including phenoxy) is 1. The van der Waals surface area contributed by atoms with Gasteiger partial charge in [-0.2, -0.15) is 0 Å². The number of hydrogen-bond acceptors (Lipinski definition) is 5. The summed E-state index contributed by atoms with van der Waals surface area (Å²) in [5, 5.41) is 5.32. The number of phosphoric acid groups is 1. The van der Waals surface area contributed by atoms with Crippen LogP contribution in [-0.2, 0) is 18.6 Å². The van der Waals surface area contributed by atoms with Crippen LogP contribution in [0.1, 0.15) is 20.3 Å². The van der Waals surface area contributed by atoms with E-state index in [1.807, 2.05) is 0 Å². The second-order valence-electron chi connectivity index (χ2n) is 4.29. The van der Waals surface area contributed by atoms with E-state index in [-0.39, 0.29) is 25.9 Å². The Bertz CT molecular complexity index is 341. The summed E-state index contributed by atoms with van der Waals surface area (Å²) in [5.74, 6) is -0.290. The van der Waals surface area contributed by atoms with Crippen LogP contribution in [0.2, 0.25) is 0 Å². The maximum Gasteiger partial charge on any atom is 0.469 e. The molecule has 0 aliphatic heterocycles. The normalized spacial score (nSPS) is 12.2. The van der Waals surface area contributed by atoms with Gasteiger partial charge in [-0.15, -0.1) is 0 Å². The second-order valence-corrected chi connectivity index (χ2v) is 5.53. The van der Waals surface area contributed by atoms with Crippen LogP contribution in [0.3, 0.4) is 0 Å². The van der Waals surface area contributed by atoms with Crippen LogP contribution in [0.5, 0.6) is 0 Å². The highest BCUT2D eigenvalue weighted by molar-refractivity contribution is 7.46. The monoisotopic (exact) mass is 296 g/mol. The molecule has 0 heterocycles. The predicted octanol–water partition coefficient (Wildman–Crippen LogP) is 0.0878. The Morgan fingerprint density at radius 3 is 2.63 bits per heavy atom. The molecule has 0 rings (SSSR count). The standard InChI is InChI=1S/C10H21N2O6P/c1-4-9(13)12-7-11-8-17-10(2,3)5-6-18-19(14,15)16/h4,11H,1,5-8H2,2-3H3,(H,12,13)(H2,14,15,16). The summed E-state index contributed by atoms with van der Waals surface area (Å²) in [6.07, 6.45) is 1.48. The van der Waals surface area contributed by atoms with Gasteiger partial charge < -0.3 is 19.8 Å². The van der Waals surface area contributed by atoms with E-state index in [1.165, 1.54) is 0 Å². The minimum atomic E-state index is -4.43. The van der Waals surface area contributed by atoms with Crippen molar-refractivity contribution in [1.29, 1.82) is 0 Å². The van der Waals surface area contributed by atoms with Crippen LogP contribution in [0.25, 0.3) is 0 Å². The molecule has 0 spiro atoms. The Balaban J connectivity index is 3.70. The van der Waals surface area contributed by atoms with Gasteiger partial charge in [-0.05, 0) is 26.3 Å². The predicted molar refractivity (Wildman–Crippen MR) is 69.0 cm³/mol. The van der Waals surface area contributed by atoms with E-state index in [0.29, 0.717) is 6.42 Å². The number of carbonyl (C=O) groups is 1. The number of nitrogens with one attached hydrogen (secondary N) is 2. The van der Waals surface area contributed by atoms with Crippen molar-refractivity contribution in [2.75, 3.05) is 20.0 Å². The average Bonchev–Trinajstić information content (AvgIpc) is 2.25.